The van der Waals surface area contributed by atoms with Gasteiger partial charge in [-0.25, -0.2) is 4.79 Å². The van der Waals surface area contributed by atoms with Crippen molar-refractivity contribution in [1.82, 2.24) is 0 Å². The van der Waals surface area contributed by atoms with Gasteiger partial charge in [-0.05, 0) is 35.9 Å². The van der Waals surface area contributed by atoms with Gasteiger partial charge >= 0.3 is 5.97 Å². The fraction of sp³-hybridized carbons (Fsp3) is 0. The van der Waals surface area contributed by atoms with E-state index in [1.165, 1.54) is 36.5 Å². The molecule has 0 bridgehead atoms. The molecule has 1 N–H and O–H groups in total. The Balaban J connectivity index is 1.83. The van der Waals surface area contributed by atoms with Crippen molar-refractivity contribution in [3.63, 3.8) is 0 Å². The molecular formula is C20H12ClN3O7. The zero-order chi connectivity index (χ0) is 22.5. The van der Waals surface area contributed by atoms with E-state index in [4.69, 9.17) is 16.3 Å². The van der Waals surface area contributed by atoms with Crippen LogP contribution in [0.5, 0.6) is 11.5 Å². The SMILES string of the molecule is O=C(Oc1cccc(C=Nc2cc(Cl)ccc2O)c1)c1cc([N+](=O)[O-])cc([N+](=O)[O-])c1. The van der Waals surface area contributed by atoms with E-state index in [1.807, 2.05) is 0 Å². The van der Waals surface area contributed by atoms with Crippen LogP contribution in [0.15, 0.2) is 65.7 Å². The van der Waals surface area contributed by atoms with Gasteiger partial charge < -0.3 is 9.84 Å². The van der Waals surface area contributed by atoms with Crippen molar-refractivity contribution in [1.29, 1.82) is 0 Å². The average molecular weight is 442 g/mol. The molecule has 0 aliphatic rings. The number of esters is 1. The molecule has 3 aromatic carbocycles. The van der Waals surface area contributed by atoms with E-state index in [9.17, 15) is 30.1 Å². The lowest BCUT2D eigenvalue weighted by Crippen LogP contribution is -2.10. The molecule has 10 nitrogen and oxygen atoms in total. The summed E-state index contributed by atoms with van der Waals surface area (Å²) in [4.78, 5) is 36.8. The molecule has 3 rings (SSSR count). The molecule has 0 radical (unpaired) electrons. The number of rotatable bonds is 6. The summed E-state index contributed by atoms with van der Waals surface area (Å²) in [5.74, 6) is -0.998. The quantitative estimate of drug-likeness (QED) is 0.189. The lowest BCUT2D eigenvalue weighted by molar-refractivity contribution is -0.394. The number of aromatic hydroxyl groups is 1. The first-order valence-corrected chi connectivity index (χ1v) is 8.89. The number of nitrogens with zero attached hydrogens (tertiary/aromatic N) is 3. The van der Waals surface area contributed by atoms with E-state index in [0.717, 1.165) is 18.2 Å². The standard InChI is InChI=1S/C20H12ClN3O7/c21-14-4-5-19(25)18(9-14)22-11-12-2-1-3-17(6-12)31-20(26)13-7-15(23(27)28)10-16(8-13)24(29)30/h1-11,25H. The lowest BCUT2D eigenvalue weighted by Gasteiger charge is -2.05. The molecule has 0 saturated carbocycles. The summed E-state index contributed by atoms with van der Waals surface area (Å²) in [5, 5.41) is 32.1. The first-order chi connectivity index (χ1) is 14.7. The molecule has 0 amide bonds. The third kappa shape index (κ3) is 5.40. The van der Waals surface area contributed by atoms with E-state index < -0.39 is 27.2 Å². The predicted molar refractivity (Wildman–Crippen MR) is 112 cm³/mol. The van der Waals surface area contributed by atoms with Gasteiger partial charge in [-0.1, -0.05) is 23.7 Å². The van der Waals surface area contributed by atoms with Crippen molar-refractivity contribution >= 4 is 40.8 Å². The number of hydrogen-bond donors (Lipinski definition) is 1. The fourth-order valence-electron chi connectivity index (χ4n) is 2.49. The van der Waals surface area contributed by atoms with Crippen molar-refractivity contribution in [2.45, 2.75) is 0 Å². The van der Waals surface area contributed by atoms with Crippen LogP contribution < -0.4 is 4.74 Å². The molecule has 0 heterocycles. The van der Waals surface area contributed by atoms with Gasteiger partial charge in [-0.2, -0.15) is 0 Å². The van der Waals surface area contributed by atoms with Crippen molar-refractivity contribution in [2.75, 3.05) is 0 Å². The minimum absolute atomic E-state index is 0.0736. The Morgan fingerprint density at radius 3 is 2.32 bits per heavy atom. The molecule has 0 aliphatic carbocycles. The summed E-state index contributed by atoms with van der Waals surface area (Å²) in [7, 11) is 0. The Bertz CT molecular complexity index is 1190. The lowest BCUT2D eigenvalue weighted by atomic mass is 10.1. The number of carbonyl (C=O) groups is 1. The number of halogens is 1. The number of carbonyl (C=O) groups excluding carboxylic acids is 1. The van der Waals surface area contributed by atoms with Gasteiger partial charge in [0.1, 0.15) is 17.2 Å². The molecule has 0 saturated heterocycles. The maximum Gasteiger partial charge on any atom is 0.344 e. The van der Waals surface area contributed by atoms with Gasteiger partial charge in [0.25, 0.3) is 11.4 Å². The Morgan fingerprint density at radius 2 is 1.68 bits per heavy atom. The molecule has 0 fully saturated rings. The number of ether oxygens (including phenoxy) is 1. The van der Waals surface area contributed by atoms with Crippen molar-refractivity contribution < 1.29 is 24.5 Å². The second kappa shape index (κ2) is 9.01. The van der Waals surface area contributed by atoms with Crippen molar-refractivity contribution in [3.05, 3.63) is 97.0 Å². The second-order valence-corrected chi connectivity index (χ2v) is 6.54. The Hall–Kier alpha value is -4.31. The van der Waals surface area contributed by atoms with Crippen LogP contribution in [0.25, 0.3) is 0 Å². The van der Waals surface area contributed by atoms with E-state index in [0.29, 0.717) is 10.6 Å². The number of nitro groups is 2. The first kappa shape index (κ1) is 21.4. The zero-order valence-corrected chi connectivity index (χ0v) is 16.2. The Kier molecular flexibility index (Phi) is 6.22. The highest BCUT2D eigenvalue weighted by Crippen LogP contribution is 2.29. The molecule has 31 heavy (non-hydrogen) atoms. The van der Waals surface area contributed by atoms with E-state index in [1.54, 1.807) is 12.1 Å². The number of hydrogen-bond acceptors (Lipinski definition) is 8. The summed E-state index contributed by atoms with van der Waals surface area (Å²) in [6.07, 6.45) is 1.40. The summed E-state index contributed by atoms with van der Waals surface area (Å²) < 4.78 is 5.19. The van der Waals surface area contributed by atoms with E-state index in [2.05, 4.69) is 4.99 Å². The normalized spacial score (nSPS) is 10.7. The summed E-state index contributed by atoms with van der Waals surface area (Å²) >= 11 is 5.87. The summed E-state index contributed by atoms with van der Waals surface area (Å²) in [5.41, 5.74) is -0.816. The fourth-order valence-corrected chi connectivity index (χ4v) is 2.66. The largest absolute Gasteiger partial charge is 0.506 e. The minimum Gasteiger partial charge on any atom is -0.506 e. The van der Waals surface area contributed by atoms with Crippen LogP contribution in [0.2, 0.25) is 5.02 Å². The molecule has 0 aliphatic heterocycles. The topological polar surface area (TPSA) is 145 Å². The maximum absolute atomic E-state index is 12.4. The van der Waals surface area contributed by atoms with E-state index in [-0.39, 0.29) is 22.7 Å². The predicted octanol–water partition coefficient (Wildman–Crippen LogP) is 4.83. The third-order valence-corrected chi connectivity index (χ3v) is 4.15. The van der Waals surface area contributed by atoms with Gasteiger partial charge in [-0.3, -0.25) is 25.2 Å². The number of phenolic OH excluding ortho intramolecular Hbond substituents is 1. The molecular weight excluding hydrogens is 430 g/mol. The van der Waals surface area contributed by atoms with Crippen LogP contribution in [0.3, 0.4) is 0 Å². The van der Waals surface area contributed by atoms with Gasteiger partial charge in [0.05, 0.1) is 21.5 Å². The molecule has 0 unspecified atom stereocenters. The molecule has 3 aromatic rings. The highest BCUT2D eigenvalue weighted by molar-refractivity contribution is 6.30. The zero-order valence-electron chi connectivity index (χ0n) is 15.5. The Labute approximate surface area is 179 Å². The van der Waals surface area contributed by atoms with Gasteiger partial charge in [0, 0.05) is 23.4 Å². The average Bonchev–Trinajstić information content (AvgIpc) is 2.74. The van der Waals surface area contributed by atoms with Crippen LogP contribution in [0.1, 0.15) is 15.9 Å². The van der Waals surface area contributed by atoms with Gasteiger partial charge in [-0.15, -0.1) is 0 Å². The Morgan fingerprint density at radius 1 is 1.00 bits per heavy atom. The highest BCUT2D eigenvalue weighted by atomic mass is 35.5. The molecule has 11 heteroatoms. The van der Waals surface area contributed by atoms with Crippen molar-refractivity contribution in [2.24, 2.45) is 4.99 Å². The number of aliphatic imine (C=N–C) groups is 1. The third-order valence-electron chi connectivity index (χ3n) is 3.92. The van der Waals surface area contributed by atoms with Crippen LogP contribution in [-0.2, 0) is 0 Å². The van der Waals surface area contributed by atoms with Crippen LogP contribution >= 0.6 is 11.6 Å². The molecule has 0 spiro atoms. The smallest absolute Gasteiger partial charge is 0.344 e. The second-order valence-electron chi connectivity index (χ2n) is 6.11. The summed E-state index contributed by atoms with van der Waals surface area (Å²) in [6.45, 7) is 0. The molecule has 156 valence electrons. The van der Waals surface area contributed by atoms with Gasteiger partial charge in [0.2, 0.25) is 0 Å². The van der Waals surface area contributed by atoms with Crippen LogP contribution in [0, 0.1) is 20.2 Å². The molecule has 0 aromatic heterocycles. The van der Waals surface area contributed by atoms with Crippen LogP contribution in [0.4, 0.5) is 17.1 Å². The van der Waals surface area contributed by atoms with Crippen LogP contribution in [-0.4, -0.2) is 27.1 Å². The molecule has 0 atom stereocenters. The van der Waals surface area contributed by atoms with Crippen molar-refractivity contribution in [3.8, 4) is 11.5 Å². The van der Waals surface area contributed by atoms with Gasteiger partial charge in [0.15, 0.2) is 0 Å². The minimum atomic E-state index is -1.01. The highest BCUT2D eigenvalue weighted by Gasteiger charge is 2.21. The monoisotopic (exact) mass is 441 g/mol. The number of phenols is 1. The first-order valence-electron chi connectivity index (χ1n) is 8.51. The number of benzene rings is 3. The maximum atomic E-state index is 12.4. The number of non-ortho nitro benzene ring substituents is 2. The van der Waals surface area contributed by atoms with E-state index >= 15 is 0 Å². The number of nitro benzene ring substituents is 2. The summed E-state index contributed by atoms with van der Waals surface area (Å²) in [6, 6.07) is 13.0.